The number of halogens is 1. The summed E-state index contributed by atoms with van der Waals surface area (Å²) in [5.41, 5.74) is 1.64. The number of hydrogen-bond donors (Lipinski definition) is 2. The Balaban J connectivity index is 1.62. The topological polar surface area (TPSA) is 102 Å². The zero-order valence-electron chi connectivity index (χ0n) is 17.8. The van der Waals surface area contributed by atoms with E-state index < -0.39 is 28.5 Å². The molecule has 0 saturated heterocycles. The lowest BCUT2D eigenvalue weighted by Crippen LogP contribution is -2.31. The molecule has 0 heterocycles. The Kier molecular flexibility index (Phi) is 8.21. The Labute approximate surface area is 197 Å². The number of ether oxygens (including phenoxy) is 1. The van der Waals surface area contributed by atoms with Crippen molar-refractivity contribution in [2.75, 3.05) is 6.61 Å². The van der Waals surface area contributed by atoms with Crippen LogP contribution in [0.2, 0.25) is 5.02 Å². The fraction of sp³-hybridized carbons (Fsp3) is 0.167. The van der Waals surface area contributed by atoms with E-state index in [0.29, 0.717) is 0 Å². The summed E-state index contributed by atoms with van der Waals surface area (Å²) in [7, 11) is -3.99. The van der Waals surface area contributed by atoms with Crippen LogP contribution in [0, 0.1) is 0 Å². The molecule has 0 bridgehead atoms. The SMILES string of the molecule is CC(NC(=O)COC(=O)c1ccc(Cl)c(S(=O)(=O)NCc2ccccc2)c1)c1ccccc1. The van der Waals surface area contributed by atoms with Gasteiger partial charge in [0.15, 0.2) is 6.61 Å². The van der Waals surface area contributed by atoms with E-state index in [-0.39, 0.29) is 28.1 Å². The second-order valence-corrected chi connectivity index (χ2v) is 9.37. The van der Waals surface area contributed by atoms with E-state index in [0.717, 1.165) is 17.2 Å². The van der Waals surface area contributed by atoms with Gasteiger partial charge < -0.3 is 10.1 Å². The predicted octanol–water partition coefficient (Wildman–Crippen LogP) is 3.85. The molecule has 0 aliphatic heterocycles. The number of amides is 1. The van der Waals surface area contributed by atoms with Crippen LogP contribution in [0.15, 0.2) is 83.8 Å². The molecular formula is C24H23ClN2O5S. The number of hydrogen-bond acceptors (Lipinski definition) is 5. The van der Waals surface area contributed by atoms with E-state index in [1.165, 1.54) is 12.1 Å². The van der Waals surface area contributed by atoms with Crippen molar-refractivity contribution in [3.63, 3.8) is 0 Å². The molecule has 2 N–H and O–H groups in total. The van der Waals surface area contributed by atoms with Gasteiger partial charge in [-0.25, -0.2) is 17.9 Å². The highest BCUT2D eigenvalue weighted by molar-refractivity contribution is 7.89. The van der Waals surface area contributed by atoms with Gasteiger partial charge in [0.2, 0.25) is 10.0 Å². The molecular weight excluding hydrogens is 464 g/mol. The van der Waals surface area contributed by atoms with E-state index in [4.69, 9.17) is 16.3 Å². The summed E-state index contributed by atoms with van der Waals surface area (Å²) in [6.45, 7) is 1.37. The van der Waals surface area contributed by atoms with Gasteiger partial charge in [-0.1, -0.05) is 72.3 Å². The molecule has 0 spiro atoms. The van der Waals surface area contributed by atoms with Gasteiger partial charge in [-0.15, -0.1) is 0 Å². The van der Waals surface area contributed by atoms with Gasteiger partial charge >= 0.3 is 5.97 Å². The Morgan fingerprint density at radius 1 is 0.970 bits per heavy atom. The number of carbonyl (C=O) groups is 2. The first-order valence-corrected chi connectivity index (χ1v) is 12.0. The van der Waals surface area contributed by atoms with E-state index in [1.807, 2.05) is 43.3 Å². The standard InChI is InChI=1S/C24H23ClN2O5S/c1-17(19-10-6-3-7-11-19)27-23(28)16-32-24(29)20-12-13-21(25)22(14-20)33(30,31)26-15-18-8-4-2-5-9-18/h2-14,17,26H,15-16H2,1H3,(H,27,28). The normalized spacial score (nSPS) is 12.1. The van der Waals surface area contributed by atoms with E-state index in [1.54, 1.807) is 24.3 Å². The molecule has 0 fully saturated rings. The molecule has 33 heavy (non-hydrogen) atoms. The van der Waals surface area contributed by atoms with Crippen molar-refractivity contribution in [1.82, 2.24) is 10.0 Å². The van der Waals surface area contributed by atoms with Crippen LogP contribution in [0.1, 0.15) is 34.5 Å². The maximum absolute atomic E-state index is 12.7. The van der Waals surface area contributed by atoms with E-state index in [2.05, 4.69) is 10.0 Å². The van der Waals surface area contributed by atoms with Crippen LogP contribution in [0.25, 0.3) is 0 Å². The first kappa shape index (κ1) is 24.4. The second-order valence-electron chi connectivity index (χ2n) is 7.23. The fourth-order valence-corrected chi connectivity index (χ4v) is 4.55. The highest BCUT2D eigenvalue weighted by Crippen LogP contribution is 2.23. The Morgan fingerprint density at radius 2 is 1.61 bits per heavy atom. The molecule has 1 amide bonds. The maximum atomic E-state index is 12.7. The summed E-state index contributed by atoms with van der Waals surface area (Å²) in [5.74, 6) is -1.32. The Hall–Kier alpha value is -3.20. The lowest BCUT2D eigenvalue weighted by Gasteiger charge is -2.14. The molecule has 0 saturated carbocycles. The molecule has 3 rings (SSSR count). The first-order valence-electron chi connectivity index (χ1n) is 10.1. The summed E-state index contributed by atoms with van der Waals surface area (Å²) in [5, 5.41) is 2.70. The summed E-state index contributed by atoms with van der Waals surface area (Å²) < 4.78 is 32.9. The molecule has 0 aromatic heterocycles. The van der Waals surface area contributed by atoms with Crippen LogP contribution < -0.4 is 10.0 Å². The smallest absolute Gasteiger partial charge is 0.338 e. The van der Waals surface area contributed by atoms with Crippen LogP contribution >= 0.6 is 11.6 Å². The molecule has 172 valence electrons. The van der Waals surface area contributed by atoms with Crippen molar-refractivity contribution < 1.29 is 22.7 Å². The highest BCUT2D eigenvalue weighted by Gasteiger charge is 2.21. The monoisotopic (exact) mass is 486 g/mol. The fourth-order valence-electron chi connectivity index (χ4n) is 3.01. The zero-order valence-corrected chi connectivity index (χ0v) is 19.4. The lowest BCUT2D eigenvalue weighted by molar-refractivity contribution is -0.124. The minimum absolute atomic E-state index is 0.0385. The van der Waals surface area contributed by atoms with Crippen molar-refractivity contribution in [3.05, 3.63) is 101 Å². The van der Waals surface area contributed by atoms with Crippen LogP contribution in [-0.4, -0.2) is 26.9 Å². The van der Waals surface area contributed by atoms with Crippen molar-refractivity contribution in [2.24, 2.45) is 0 Å². The number of nitrogens with one attached hydrogen (secondary N) is 2. The first-order chi connectivity index (χ1) is 15.8. The number of sulfonamides is 1. The molecule has 1 atom stereocenters. The van der Waals surface area contributed by atoms with Gasteiger partial charge in [-0.2, -0.15) is 0 Å². The molecule has 0 aliphatic carbocycles. The summed E-state index contributed by atoms with van der Waals surface area (Å²) >= 11 is 6.07. The Bertz CT molecular complexity index is 1220. The predicted molar refractivity (Wildman–Crippen MR) is 125 cm³/mol. The van der Waals surface area contributed by atoms with Crippen molar-refractivity contribution in [3.8, 4) is 0 Å². The lowest BCUT2D eigenvalue weighted by atomic mass is 10.1. The number of benzene rings is 3. The highest BCUT2D eigenvalue weighted by atomic mass is 35.5. The summed E-state index contributed by atoms with van der Waals surface area (Å²) in [6, 6.07) is 21.8. The second kappa shape index (κ2) is 11.1. The number of esters is 1. The van der Waals surface area contributed by atoms with Gasteiger partial charge in [0.05, 0.1) is 16.6 Å². The van der Waals surface area contributed by atoms with Crippen molar-refractivity contribution in [2.45, 2.75) is 24.4 Å². The molecule has 3 aromatic rings. The minimum atomic E-state index is -3.99. The molecule has 7 nitrogen and oxygen atoms in total. The molecule has 1 unspecified atom stereocenters. The molecule has 9 heteroatoms. The summed E-state index contributed by atoms with van der Waals surface area (Å²) in [6.07, 6.45) is 0. The Morgan fingerprint density at radius 3 is 2.27 bits per heavy atom. The number of carbonyl (C=O) groups excluding carboxylic acids is 2. The third-order valence-electron chi connectivity index (χ3n) is 4.78. The third kappa shape index (κ3) is 6.89. The quantitative estimate of drug-likeness (QED) is 0.447. The van der Waals surface area contributed by atoms with Gasteiger partial charge in [-0.05, 0) is 36.2 Å². The zero-order chi connectivity index (χ0) is 23.8. The largest absolute Gasteiger partial charge is 0.452 e. The van der Waals surface area contributed by atoms with Crippen LogP contribution in [0.3, 0.4) is 0 Å². The minimum Gasteiger partial charge on any atom is -0.452 e. The van der Waals surface area contributed by atoms with E-state index >= 15 is 0 Å². The van der Waals surface area contributed by atoms with Gasteiger partial charge in [0, 0.05) is 6.54 Å². The molecule has 0 radical (unpaired) electrons. The van der Waals surface area contributed by atoms with Gasteiger partial charge in [0.1, 0.15) is 4.90 Å². The summed E-state index contributed by atoms with van der Waals surface area (Å²) in [4.78, 5) is 24.3. The number of rotatable bonds is 9. The van der Waals surface area contributed by atoms with Crippen molar-refractivity contribution >= 4 is 33.5 Å². The van der Waals surface area contributed by atoms with Crippen LogP contribution in [0.5, 0.6) is 0 Å². The average Bonchev–Trinajstić information content (AvgIpc) is 2.82. The molecule has 3 aromatic carbocycles. The average molecular weight is 487 g/mol. The third-order valence-corrected chi connectivity index (χ3v) is 6.66. The van der Waals surface area contributed by atoms with Gasteiger partial charge in [-0.3, -0.25) is 4.79 Å². The maximum Gasteiger partial charge on any atom is 0.338 e. The molecule has 0 aliphatic rings. The van der Waals surface area contributed by atoms with Crippen LogP contribution in [-0.2, 0) is 26.1 Å². The van der Waals surface area contributed by atoms with Crippen molar-refractivity contribution in [1.29, 1.82) is 0 Å². The van der Waals surface area contributed by atoms with Crippen LogP contribution in [0.4, 0.5) is 0 Å². The van der Waals surface area contributed by atoms with Gasteiger partial charge in [0.25, 0.3) is 5.91 Å². The van der Waals surface area contributed by atoms with E-state index in [9.17, 15) is 18.0 Å².